The molecule has 0 amide bonds. The smallest absolute Gasteiger partial charge is 0.227 e. The molecular formula is C25H27ClN4O3S. The number of hydrogen-bond acceptors (Lipinski definition) is 7. The van der Waals surface area contributed by atoms with Crippen LogP contribution in [0.1, 0.15) is 44.4 Å². The monoisotopic (exact) mass is 498 g/mol. The number of fused-ring (bicyclic) bond motifs is 1. The van der Waals surface area contributed by atoms with E-state index in [0.717, 1.165) is 29.0 Å². The van der Waals surface area contributed by atoms with Crippen LogP contribution in [0.15, 0.2) is 58.9 Å². The summed E-state index contributed by atoms with van der Waals surface area (Å²) in [6.45, 7) is 5.93. The van der Waals surface area contributed by atoms with Gasteiger partial charge in [0.25, 0.3) is 0 Å². The van der Waals surface area contributed by atoms with Crippen molar-refractivity contribution in [1.29, 1.82) is 0 Å². The Hall–Kier alpha value is -2.97. The molecule has 1 atom stereocenters. The first-order valence-electron chi connectivity index (χ1n) is 11.0. The number of anilines is 1. The van der Waals surface area contributed by atoms with Gasteiger partial charge in [-0.05, 0) is 55.7 Å². The van der Waals surface area contributed by atoms with E-state index in [2.05, 4.69) is 17.2 Å². The lowest BCUT2D eigenvalue weighted by Crippen LogP contribution is -2.27. The Labute approximate surface area is 208 Å². The van der Waals surface area contributed by atoms with E-state index < -0.39 is 6.04 Å². The number of nitrogens with one attached hydrogen (secondary N) is 1. The molecule has 1 aromatic heterocycles. The summed E-state index contributed by atoms with van der Waals surface area (Å²) in [6.07, 6.45) is 1.02. The summed E-state index contributed by atoms with van der Waals surface area (Å²) in [5.41, 5.74) is 3.22. The number of rotatable bonds is 9. The van der Waals surface area contributed by atoms with Gasteiger partial charge in [0, 0.05) is 22.0 Å². The highest BCUT2D eigenvalue weighted by atomic mass is 35.5. The normalized spacial score (nSPS) is 15.0. The third-order valence-corrected chi connectivity index (χ3v) is 6.71. The van der Waals surface area contributed by atoms with Crippen molar-refractivity contribution in [3.05, 3.63) is 69.9 Å². The van der Waals surface area contributed by atoms with E-state index in [0.29, 0.717) is 39.8 Å². The largest absolute Gasteiger partial charge is 0.493 e. The number of nitrogens with zero attached hydrogens (tertiary/aromatic N) is 3. The van der Waals surface area contributed by atoms with Gasteiger partial charge in [-0.3, -0.25) is 4.79 Å². The number of halogens is 1. The Kier molecular flexibility index (Phi) is 7.48. The summed E-state index contributed by atoms with van der Waals surface area (Å²) in [7, 11) is 1.60. The summed E-state index contributed by atoms with van der Waals surface area (Å²) >= 11 is 7.68. The molecule has 178 valence electrons. The summed E-state index contributed by atoms with van der Waals surface area (Å²) in [4.78, 5) is 17.3. The van der Waals surface area contributed by atoms with E-state index in [1.54, 1.807) is 30.5 Å². The minimum Gasteiger partial charge on any atom is -0.493 e. The first-order valence-corrected chi connectivity index (χ1v) is 12.4. The third kappa shape index (κ3) is 5.08. The van der Waals surface area contributed by atoms with Crippen molar-refractivity contribution in [2.75, 3.05) is 18.2 Å². The lowest BCUT2D eigenvalue weighted by molar-refractivity contribution is -0.114. The van der Waals surface area contributed by atoms with Crippen LogP contribution in [0.4, 0.5) is 5.95 Å². The standard InChI is InChI=1S/C25H27ClN4O3S/c1-5-11-34-25-28-24-27-15(2)22(16(3)31)23(30(24)29-25)18-9-10-20(21(13-18)32-4)33-14-17-7-6-8-19(26)12-17/h6-10,12-13,23H,5,11,14H2,1-4H3,(H,27,28,29). The topological polar surface area (TPSA) is 78.3 Å². The summed E-state index contributed by atoms with van der Waals surface area (Å²) in [6, 6.07) is 12.8. The highest BCUT2D eigenvalue weighted by Gasteiger charge is 2.33. The first-order chi connectivity index (χ1) is 16.4. The number of ether oxygens (including phenoxy) is 2. The first kappa shape index (κ1) is 24.2. The average molecular weight is 499 g/mol. The molecule has 0 fully saturated rings. The van der Waals surface area contributed by atoms with Crippen molar-refractivity contribution < 1.29 is 14.3 Å². The van der Waals surface area contributed by atoms with Crippen LogP contribution in [0.3, 0.4) is 0 Å². The van der Waals surface area contributed by atoms with Crippen LogP contribution in [-0.2, 0) is 11.4 Å². The fourth-order valence-corrected chi connectivity index (χ4v) is 4.81. The number of ketones is 1. The fourth-order valence-electron chi connectivity index (χ4n) is 3.91. The van der Waals surface area contributed by atoms with Crippen molar-refractivity contribution in [3.63, 3.8) is 0 Å². The number of hydrogen-bond donors (Lipinski definition) is 1. The van der Waals surface area contributed by atoms with Gasteiger partial charge in [-0.25, -0.2) is 4.68 Å². The predicted octanol–water partition coefficient (Wildman–Crippen LogP) is 5.90. The van der Waals surface area contributed by atoms with E-state index >= 15 is 0 Å². The maximum absolute atomic E-state index is 12.7. The maximum Gasteiger partial charge on any atom is 0.227 e. The number of aromatic nitrogens is 3. The molecule has 1 aliphatic rings. The molecule has 0 saturated carbocycles. The van der Waals surface area contributed by atoms with E-state index in [1.807, 2.05) is 49.4 Å². The molecule has 0 bridgehead atoms. The number of carbonyl (C=O) groups excluding carboxylic acids is 1. The number of methoxy groups -OCH3 is 1. The Morgan fingerprint density at radius 1 is 1.24 bits per heavy atom. The lowest BCUT2D eigenvalue weighted by Gasteiger charge is -2.28. The Morgan fingerprint density at radius 2 is 2.06 bits per heavy atom. The molecule has 34 heavy (non-hydrogen) atoms. The van der Waals surface area contributed by atoms with Crippen LogP contribution in [0.25, 0.3) is 0 Å². The quantitative estimate of drug-likeness (QED) is 0.368. The second-order valence-electron chi connectivity index (χ2n) is 7.96. The highest BCUT2D eigenvalue weighted by molar-refractivity contribution is 7.99. The lowest BCUT2D eigenvalue weighted by atomic mass is 9.93. The maximum atomic E-state index is 12.7. The van der Waals surface area contributed by atoms with Gasteiger partial charge in [0.1, 0.15) is 12.6 Å². The molecule has 1 N–H and O–H groups in total. The Morgan fingerprint density at radius 3 is 2.76 bits per heavy atom. The Balaban J connectivity index is 1.68. The summed E-state index contributed by atoms with van der Waals surface area (Å²) < 4.78 is 13.4. The molecule has 1 aliphatic heterocycles. The van der Waals surface area contributed by atoms with Gasteiger partial charge in [0.15, 0.2) is 17.3 Å². The number of carbonyl (C=O) groups is 1. The molecule has 2 heterocycles. The minimum absolute atomic E-state index is 0.0286. The van der Waals surface area contributed by atoms with E-state index in [9.17, 15) is 4.79 Å². The molecule has 0 saturated heterocycles. The Bertz CT molecular complexity index is 1240. The second-order valence-corrected chi connectivity index (χ2v) is 9.46. The van der Waals surface area contributed by atoms with E-state index in [4.69, 9.17) is 26.2 Å². The zero-order valence-electron chi connectivity index (χ0n) is 19.6. The highest BCUT2D eigenvalue weighted by Crippen LogP contribution is 2.39. The van der Waals surface area contributed by atoms with E-state index in [-0.39, 0.29) is 5.78 Å². The van der Waals surface area contributed by atoms with Gasteiger partial charge < -0.3 is 14.8 Å². The average Bonchev–Trinajstić information content (AvgIpc) is 3.22. The van der Waals surface area contributed by atoms with Crippen molar-refractivity contribution in [1.82, 2.24) is 14.8 Å². The van der Waals surface area contributed by atoms with Crippen molar-refractivity contribution in [2.24, 2.45) is 0 Å². The van der Waals surface area contributed by atoms with Crippen LogP contribution in [0.2, 0.25) is 5.02 Å². The predicted molar refractivity (Wildman–Crippen MR) is 135 cm³/mol. The van der Waals surface area contributed by atoms with Gasteiger partial charge in [-0.15, -0.1) is 5.10 Å². The van der Waals surface area contributed by atoms with Gasteiger partial charge in [0.2, 0.25) is 11.1 Å². The molecule has 1 unspecified atom stereocenters. The molecule has 0 radical (unpaired) electrons. The molecule has 0 aliphatic carbocycles. The van der Waals surface area contributed by atoms with Crippen molar-refractivity contribution in [3.8, 4) is 11.5 Å². The van der Waals surface area contributed by atoms with Gasteiger partial charge in [0.05, 0.1) is 7.11 Å². The van der Waals surface area contributed by atoms with Gasteiger partial charge in [-0.1, -0.05) is 48.5 Å². The number of benzene rings is 2. The molecule has 3 aromatic rings. The van der Waals surface area contributed by atoms with Crippen molar-refractivity contribution >= 4 is 35.1 Å². The summed E-state index contributed by atoms with van der Waals surface area (Å²) in [5, 5.41) is 9.29. The van der Waals surface area contributed by atoms with Crippen LogP contribution < -0.4 is 14.8 Å². The van der Waals surface area contributed by atoms with Crippen LogP contribution >= 0.6 is 23.4 Å². The number of Topliss-reactive ketones (excluding diaryl/α,β-unsaturated/α-hetero) is 1. The fraction of sp³-hybridized carbons (Fsp3) is 0.320. The summed E-state index contributed by atoms with van der Waals surface area (Å²) in [5.74, 6) is 2.68. The molecule has 9 heteroatoms. The third-order valence-electron chi connectivity index (χ3n) is 5.43. The minimum atomic E-state index is -0.423. The molecule has 2 aromatic carbocycles. The van der Waals surface area contributed by atoms with Crippen LogP contribution in [0.5, 0.6) is 11.5 Å². The molecule has 7 nitrogen and oxygen atoms in total. The number of thioether (sulfide) groups is 1. The molecule has 4 rings (SSSR count). The zero-order valence-corrected chi connectivity index (χ0v) is 21.2. The second kappa shape index (κ2) is 10.5. The number of allylic oxidation sites excluding steroid dienone is 2. The molecular weight excluding hydrogens is 472 g/mol. The van der Waals surface area contributed by atoms with Gasteiger partial charge >= 0.3 is 0 Å². The van der Waals surface area contributed by atoms with Crippen LogP contribution in [-0.4, -0.2) is 33.4 Å². The van der Waals surface area contributed by atoms with Crippen molar-refractivity contribution in [2.45, 2.75) is 45.0 Å². The van der Waals surface area contributed by atoms with E-state index in [1.165, 1.54) is 0 Å². The van der Waals surface area contributed by atoms with Gasteiger partial charge in [-0.2, -0.15) is 4.98 Å². The zero-order chi connectivity index (χ0) is 24.2. The SMILES string of the molecule is CCCSc1nc2n(n1)C(c1ccc(OCc3cccc(Cl)c3)c(OC)c1)C(C(C)=O)=C(C)N2. The van der Waals surface area contributed by atoms with Crippen LogP contribution in [0, 0.1) is 0 Å². The molecule has 0 spiro atoms.